The molecule has 0 spiro atoms. The summed E-state index contributed by atoms with van der Waals surface area (Å²) in [6, 6.07) is 21.6. The van der Waals surface area contributed by atoms with E-state index < -0.39 is 18.4 Å². The van der Waals surface area contributed by atoms with Gasteiger partial charge in [0.2, 0.25) is 0 Å². The van der Waals surface area contributed by atoms with Gasteiger partial charge in [0.05, 0.1) is 0 Å². The standard InChI is InChI=1S/C21H27N2.C15H12N2O4.2ClH.Ru/c1-14-9-16(3)20(17(4)10-14)22-7-8-23(13-22)21-18(5)11-15(2)12-19(21)6;1-16(12-7-9-14(21-2)10-8-12)15(18)11-3-5-13(6-4-11)17(19)20;;;/h9-13H,7-8H2,1-6H3;1,3-10H,2H3;2*1H;/q-1;;;;+2/p-1. The number of benzene rings is 4. The first-order valence-corrected chi connectivity index (χ1v) is 20.4. The summed E-state index contributed by atoms with van der Waals surface area (Å²) < 4.78 is 6.65. The Balaban J connectivity index is 0.000000213. The first kappa shape index (κ1) is 36.1. The van der Waals surface area contributed by atoms with E-state index in [1.54, 1.807) is 36.1 Å². The number of methoxy groups -OCH3 is 1. The van der Waals surface area contributed by atoms with Crippen molar-refractivity contribution < 1.29 is 28.0 Å². The van der Waals surface area contributed by atoms with Crippen LogP contribution in [-0.2, 0) is 13.5 Å². The third kappa shape index (κ3) is 8.98. The molecular weight excluding hydrogens is 724 g/mol. The molecule has 0 saturated carbocycles. The van der Waals surface area contributed by atoms with E-state index >= 15 is 0 Å². The van der Waals surface area contributed by atoms with E-state index in [9.17, 15) is 14.9 Å². The normalized spacial score (nSPS) is 12.7. The second-order valence-corrected chi connectivity index (χ2v) is 17.2. The topological polar surface area (TPSA) is 83.5 Å². The van der Waals surface area contributed by atoms with E-state index in [2.05, 4.69) is 82.3 Å². The van der Waals surface area contributed by atoms with Crippen LogP contribution in [0.15, 0.2) is 72.8 Å². The Labute approximate surface area is 290 Å². The predicted molar refractivity (Wildman–Crippen MR) is 193 cm³/mol. The maximum atomic E-state index is 10.7. The minimum Gasteiger partial charge on any atom is -0.502 e. The molecule has 0 atom stereocenters. The predicted octanol–water partition coefficient (Wildman–Crippen LogP) is 8.63. The van der Waals surface area contributed by atoms with Gasteiger partial charge in [-0.15, -0.1) is 0 Å². The number of nitro benzene ring substituents is 1. The fraction of sp³-hybridized carbons (Fsp3) is 0.250. The number of anilines is 3. The van der Waals surface area contributed by atoms with Crippen LogP contribution in [0.5, 0.6) is 5.75 Å². The fourth-order valence-corrected chi connectivity index (χ4v) is 7.62. The molecule has 1 amide bonds. The van der Waals surface area contributed by atoms with E-state index in [1.165, 1.54) is 73.9 Å². The summed E-state index contributed by atoms with van der Waals surface area (Å²) in [6.45, 7) is 17.6. The minimum atomic E-state index is -2.24. The number of ether oxygens (including phenoxy) is 1. The molecule has 0 bridgehead atoms. The van der Waals surface area contributed by atoms with Gasteiger partial charge in [-0.25, -0.2) is 0 Å². The van der Waals surface area contributed by atoms with Crippen molar-refractivity contribution in [1.82, 2.24) is 0 Å². The summed E-state index contributed by atoms with van der Waals surface area (Å²) in [5, 5.41) is 10.7. The zero-order chi connectivity index (χ0) is 34.4. The Morgan fingerprint density at radius 3 is 1.68 bits per heavy atom. The third-order valence-electron chi connectivity index (χ3n) is 7.78. The van der Waals surface area contributed by atoms with Crippen LogP contribution in [0.25, 0.3) is 0 Å². The molecule has 0 radical (unpaired) electrons. The van der Waals surface area contributed by atoms with Gasteiger partial charge in [-0.05, 0) is 63.8 Å². The molecule has 5 rings (SSSR count). The van der Waals surface area contributed by atoms with Crippen molar-refractivity contribution in [3.8, 4) is 5.75 Å². The third-order valence-corrected chi connectivity index (χ3v) is 9.39. The number of amides is 1. The monoisotopic (exact) mass is 764 g/mol. The molecule has 1 heterocycles. The molecule has 1 fully saturated rings. The molecule has 1 saturated heterocycles. The quantitative estimate of drug-likeness (QED) is 0.0619. The van der Waals surface area contributed by atoms with Gasteiger partial charge in [0.15, 0.2) is 0 Å². The van der Waals surface area contributed by atoms with Crippen molar-refractivity contribution in [1.29, 1.82) is 0 Å². The van der Waals surface area contributed by atoms with E-state index in [1.807, 2.05) is 0 Å². The number of hydrogen-bond acceptors (Lipinski definition) is 5. The van der Waals surface area contributed by atoms with Crippen molar-refractivity contribution >= 4 is 52.8 Å². The SMILES string of the molecule is COc1ccc(N([CH]=[Ru]([Cl])[Cl])C(=[OH+])c2ccc([N+](=O)[O-])cc2)cc1.Cc1cc(C)c(N2[CH-]N(c3c(C)cc(C)cc3C)CC2)c(C)c1. The molecule has 8 nitrogen and oxygen atoms in total. The van der Waals surface area contributed by atoms with Crippen molar-refractivity contribution in [3.63, 3.8) is 0 Å². The van der Waals surface area contributed by atoms with Gasteiger partial charge in [-0.2, -0.15) is 6.67 Å². The van der Waals surface area contributed by atoms with E-state index in [0.29, 0.717) is 17.0 Å². The number of carbonyl (C=O) groups excluding carboxylic acids is 1. The maximum absolute atomic E-state index is 10.7. The first-order valence-electron chi connectivity index (χ1n) is 14.9. The van der Waals surface area contributed by atoms with Crippen LogP contribution in [0.4, 0.5) is 22.7 Å². The first-order chi connectivity index (χ1) is 22.3. The average molecular weight is 765 g/mol. The Bertz CT molecular complexity index is 1680. The molecule has 250 valence electrons. The number of non-ortho nitro benzene ring substituents is 1. The van der Waals surface area contributed by atoms with Crippen LogP contribution >= 0.6 is 19.4 Å². The summed E-state index contributed by atoms with van der Waals surface area (Å²) in [6.07, 6.45) is 0. The van der Waals surface area contributed by atoms with E-state index in [0.717, 1.165) is 13.1 Å². The molecule has 1 aliphatic heterocycles. The summed E-state index contributed by atoms with van der Waals surface area (Å²) in [4.78, 5) is 27.0. The molecule has 11 heteroatoms. The Kier molecular flexibility index (Phi) is 12.2. The minimum absolute atomic E-state index is 0.0613. The van der Waals surface area contributed by atoms with Crippen LogP contribution in [-0.4, -0.2) is 40.6 Å². The number of aryl methyl sites for hydroxylation is 6. The fourth-order valence-electron chi connectivity index (χ4n) is 5.99. The van der Waals surface area contributed by atoms with Crippen LogP contribution < -0.4 is 19.4 Å². The van der Waals surface area contributed by atoms with Crippen molar-refractivity contribution in [2.24, 2.45) is 0 Å². The van der Waals surface area contributed by atoms with Crippen molar-refractivity contribution in [3.05, 3.63) is 129 Å². The van der Waals surface area contributed by atoms with Gasteiger partial charge in [-0.3, -0.25) is 0 Å². The molecule has 4 aromatic rings. The van der Waals surface area contributed by atoms with Gasteiger partial charge in [-0.1, -0.05) is 35.4 Å². The number of rotatable bonds is 7. The summed E-state index contributed by atoms with van der Waals surface area (Å²) in [7, 11) is 13.5. The zero-order valence-electron chi connectivity index (χ0n) is 27.6. The maximum Gasteiger partial charge on any atom is 0.0146 e. The van der Waals surface area contributed by atoms with Crippen LogP contribution in [0, 0.1) is 58.3 Å². The molecule has 47 heavy (non-hydrogen) atoms. The zero-order valence-corrected chi connectivity index (χ0v) is 30.8. The van der Waals surface area contributed by atoms with Gasteiger partial charge < -0.3 is 9.80 Å². The largest absolute Gasteiger partial charge is 0.502 e. The Morgan fingerprint density at radius 2 is 1.30 bits per heavy atom. The Morgan fingerprint density at radius 1 is 0.851 bits per heavy atom. The van der Waals surface area contributed by atoms with E-state index in [-0.39, 0.29) is 11.6 Å². The molecule has 0 aromatic heterocycles. The van der Waals surface area contributed by atoms with Crippen molar-refractivity contribution in [2.75, 3.05) is 34.9 Å². The van der Waals surface area contributed by atoms with Gasteiger partial charge in [0.25, 0.3) is 0 Å². The second kappa shape index (κ2) is 15.9. The average Bonchev–Trinajstić information content (AvgIpc) is 3.47. The van der Waals surface area contributed by atoms with Gasteiger partial charge in [0, 0.05) is 24.5 Å². The molecule has 1 aliphatic rings. The number of nitro groups is 1. The molecule has 1 N–H and O–H groups in total. The summed E-state index contributed by atoms with van der Waals surface area (Å²) in [5.74, 6) is 0.537. The number of halogens is 2. The number of nitrogens with zero attached hydrogens (tertiary/aromatic N) is 4. The molecule has 4 aromatic carbocycles. The smallest absolute Gasteiger partial charge is 0.0146 e. The molecule has 0 unspecified atom stereocenters. The van der Waals surface area contributed by atoms with E-state index in [4.69, 9.17) is 24.1 Å². The van der Waals surface area contributed by atoms with Crippen molar-refractivity contribution in [2.45, 2.75) is 41.5 Å². The summed E-state index contributed by atoms with van der Waals surface area (Å²) in [5.41, 5.74) is 11.8. The molecular formula is C36H40Cl2N4O4Ru. The van der Waals surface area contributed by atoms with Crippen LogP contribution in [0.1, 0.15) is 38.9 Å². The number of hydrogen-bond donors (Lipinski definition) is 0. The van der Waals surface area contributed by atoms with Crippen LogP contribution in [0.3, 0.4) is 0 Å². The summed E-state index contributed by atoms with van der Waals surface area (Å²) >= 11 is -2.24. The van der Waals surface area contributed by atoms with Gasteiger partial charge in [0.1, 0.15) is 0 Å². The second-order valence-electron chi connectivity index (χ2n) is 11.5. The Hall–Kier alpha value is -3.78. The van der Waals surface area contributed by atoms with Gasteiger partial charge >= 0.3 is 151 Å². The molecule has 0 aliphatic carbocycles. The van der Waals surface area contributed by atoms with Crippen LogP contribution in [0.2, 0.25) is 0 Å².